The molecule has 0 radical (unpaired) electrons. The Bertz CT molecular complexity index is 6640. The molecule has 128 heavy (non-hydrogen) atoms. The predicted molar refractivity (Wildman–Crippen MR) is 394 cm³/mol. The van der Waals surface area contributed by atoms with Crippen LogP contribution in [0.2, 0.25) is 0 Å². The maximum atomic E-state index is 15.8. The van der Waals surface area contributed by atoms with Crippen LogP contribution in [0.4, 0.5) is 35.1 Å². The van der Waals surface area contributed by atoms with Gasteiger partial charge in [-0.1, -0.05) is 0 Å². The Kier molecular flexibility index (Phi) is 25.4. The van der Waals surface area contributed by atoms with E-state index in [4.69, 9.17) is 67.7 Å². The molecular weight excluding hydrogens is 1840 g/mol. The molecule has 60 heteroatoms. The van der Waals surface area contributed by atoms with Crippen molar-refractivity contribution in [2.45, 2.75) is 150 Å². The van der Waals surface area contributed by atoms with E-state index in [9.17, 15) is 135 Å². The minimum Gasteiger partial charge on any atom is -0.404 e. The number of phosphoric ester groups is 4. The summed E-state index contributed by atoms with van der Waals surface area (Å²) in [6, 6.07) is 12.5. The van der Waals surface area contributed by atoms with Crippen molar-refractivity contribution in [3.8, 4) is 23.0 Å². The molecule has 8 aromatic rings. The molecule has 0 saturated carbocycles. The predicted octanol–water partition coefficient (Wildman–Crippen LogP) is -0.727. The number of halogens is 8. The van der Waals surface area contributed by atoms with Crippen molar-refractivity contribution in [1.29, 1.82) is 0 Å². The van der Waals surface area contributed by atoms with Crippen LogP contribution in [0.5, 0.6) is 23.0 Å². The van der Waals surface area contributed by atoms with Crippen molar-refractivity contribution in [2.24, 2.45) is 0 Å². The summed E-state index contributed by atoms with van der Waals surface area (Å²) in [4.78, 5) is 102. The fourth-order valence-electron chi connectivity index (χ4n) is 12.1. The molecule has 48 nitrogen and oxygen atoms in total. The lowest BCUT2D eigenvalue weighted by molar-refractivity contribution is -0.205. The maximum absolute atomic E-state index is 15.8. The number of benzene rings is 4. The molecule has 4 unspecified atom stereocenters. The van der Waals surface area contributed by atoms with Gasteiger partial charge in [0.05, 0.1) is 83.3 Å². The van der Waals surface area contributed by atoms with Crippen LogP contribution >= 0.6 is 31.3 Å². The largest absolute Gasteiger partial charge is 0.530 e. The van der Waals surface area contributed by atoms with Crippen molar-refractivity contribution < 1.29 is 196 Å². The van der Waals surface area contributed by atoms with E-state index in [1.807, 2.05) is 4.98 Å². The molecule has 4 aromatic heterocycles. The smallest absolute Gasteiger partial charge is 0.404 e. The normalized spacial score (nSPS) is 33.9. The van der Waals surface area contributed by atoms with Gasteiger partial charge in [0.2, 0.25) is 0 Å². The van der Waals surface area contributed by atoms with Crippen LogP contribution in [-0.2, 0) is 126 Å². The van der Waals surface area contributed by atoms with Crippen LogP contribution in [0.15, 0.2) is 136 Å². The first-order chi connectivity index (χ1) is 62.4. The summed E-state index contributed by atoms with van der Waals surface area (Å²) >= 11 is 0. The summed E-state index contributed by atoms with van der Waals surface area (Å²) in [6.45, 7) is -15.8. The van der Waals surface area contributed by atoms with Crippen molar-refractivity contribution in [3.63, 3.8) is 0 Å². The number of fused-ring (bicyclic) bond motifs is 4. The second-order valence-corrected chi connectivity index (χ2v) is 33.7. The third kappa shape index (κ3) is 19.9. The molecule has 0 amide bonds. The van der Waals surface area contributed by atoms with Gasteiger partial charge in [0.15, 0.2) is 24.9 Å². The average Bonchev–Trinajstić information content (AvgIpc) is 1.55. The van der Waals surface area contributed by atoms with E-state index in [1.54, 1.807) is 15.0 Å². The Morgan fingerprint density at radius 3 is 0.930 bits per heavy atom. The first-order valence-electron chi connectivity index (χ1n) is 38.8. The van der Waals surface area contributed by atoms with Crippen LogP contribution in [0.25, 0.3) is 0 Å². The standard InChI is InChI=1S/4C17H17F2N2O10P/c4*18-10-1-2-11-8(3-10)6-28-32(27,31-11)29-7-17(19)13(24)12(23)15(30-17)21-4-9(5-22)14(25)20-16(21)26/h4*1-4,12-13,15,22-24H,5-7H2,(H,20,25,26)/t4*12-,13+,15-,17-,32?/m1111/s1/i7D2,15D;15D;7D2;. The third-order valence-electron chi connectivity index (χ3n) is 18.8. The number of hydrogen-bond donors (Lipinski definition) is 16. The topological polar surface area (TPSA) is 678 Å². The first kappa shape index (κ1) is 87.5. The first-order valence-corrected chi connectivity index (χ1v) is 41.7. The number of rotatable bonds is 20. The van der Waals surface area contributed by atoms with Gasteiger partial charge in [-0.2, -0.15) is 0 Å². The summed E-state index contributed by atoms with van der Waals surface area (Å²) in [6.07, 6.45) is -27.3. The van der Waals surface area contributed by atoms with Gasteiger partial charge in [0, 0.05) is 47.0 Å². The molecular formula is C68H68F8N8O40P4. The third-order valence-corrected chi connectivity index (χ3v) is 23.8. The molecule has 8 aliphatic heterocycles. The molecule has 0 aliphatic carbocycles. The van der Waals surface area contributed by atoms with E-state index in [1.165, 1.54) is 6.07 Å². The average molecular weight is 1920 g/mol. The lowest BCUT2D eigenvalue weighted by Gasteiger charge is -2.28. The van der Waals surface area contributed by atoms with Crippen molar-refractivity contribution in [3.05, 3.63) is 249 Å². The zero-order chi connectivity index (χ0) is 98.5. The molecule has 8 aliphatic rings. The molecule has 4 saturated heterocycles. The van der Waals surface area contributed by atoms with Crippen LogP contribution in [0.1, 0.15) is 77.6 Å². The highest BCUT2D eigenvalue weighted by Gasteiger charge is 2.62. The number of alkyl halides is 4. The van der Waals surface area contributed by atoms with Gasteiger partial charge in [0.1, 0.15) is 121 Å². The zero-order valence-corrected chi connectivity index (χ0v) is 67.1. The second-order valence-electron chi connectivity index (χ2n) is 27.4. The van der Waals surface area contributed by atoms with E-state index in [0.717, 1.165) is 79.1 Å². The zero-order valence-electron chi connectivity index (χ0n) is 69.5. The summed E-state index contributed by atoms with van der Waals surface area (Å²) in [7, 11) is -18.8. The number of H-pyrrole nitrogens is 4. The van der Waals surface area contributed by atoms with Crippen LogP contribution in [0, 0.1) is 23.3 Å². The molecule has 4 aromatic carbocycles. The van der Waals surface area contributed by atoms with E-state index in [-0.39, 0.29) is 72.1 Å². The lowest BCUT2D eigenvalue weighted by Crippen LogP contribution is -2.43. The van der Waals surface area contributed by atoms with Gasteiger partial charge in [0.25, 0.3) is 45.7 Å². The highest BCUT2D eigenvalue weighted by Crippen LogP contribution is 2.60. The highest BCUT2D eigenvalue weighted by molar-refractivity contribution is 7.49. The number of hydrogen-bond acceptors (Lipinski definition) is 40. The molecule has 696 valence electrons. The summed E-state index contributed by atoms with van der Waals surface area (Å²) in [5.41, 5.74) is -10.0. The number of phosphoric acid groups is 4. The lowest BCUT2D eigenvalue weighted by atomic mass is 10.1. The van der Waals surface area contributed by atoms with E-state index >= 15 is 17.6 Å². The Hall–Kier alpha value is -9.80. The number of aliphatic hydroxyl groups is 12. The van der Waals surface area contributed by atoms with Crippen molar-refractivity contribution in [2.75, 3.05) is 26.3 Å². The quantitative estimate of drug-likeness (QED) is 0.0330. The van der Waals surface area contributed by atoms with Crippen LogP contribution in [-0.4, -0.2) is 198 Å². The van der Waals surface area contributed by atoms with Gasteiger partial charge >= 0.3 is 54.0 Å². The summed E-state index contributed by atoms with van der Waals surface area (Å²) in [5.74, 6) is -17.7. The van der Waals surface area contributed by atoms with E-state index in [0.29, 0.717) is 21.5 Å². The molecule has 12 heterocycles. The van der Waals surface area contributed by atoms with Gasteiger partial charge in [-0.3, -0.25) is 93.6 Å². The van der Waals surface area contributed by atoms with Crippen LogP contribution in [0.3, 0.4) is 0 Å². The number of aliphatic hydroxyl groups excluding tert-OH is 12. The Balaban J connectivity index is 0.000000152. The van der Waals surface area contributed by atoms with Crippen molar-refractivity contribution >= 4 is 31.3 Å². The van der Waals surface area contributed by atoms with E-state index in [2.05, 4.69) is 13.8 Å². The van der Waals surface area contributed by atoms with Gasteiger partial charge < -0.3 is 98.3 Å². The Labute approximate surface area is 711 Å². The SMILES string of the molecule is O=c1[nH]c(=O)n([C@@H]2O[C@](F)(COP3(=O)OCc4cc(F)ccc4O3)[C@@H](O)[C@H]2O)cc1CO.[2H]C([2H])(OP1(=O)OCc2cc(F)ccc2O1)[C@@]1(F)O[C@@H](n2cc(CO)c(=O)[nH]c2=O)[C@H](O)[C@@H]1O.[2H]C([2H])(OP1(=O)OCc2cc(F)ccc2O1)[C@@]1(F)O[C@@]([2H])(n2cc(CO)c(=O)[nH]c2=O)[C@H](O)[C@@H]1O.[2H][C@@]1(n2cc(CO)c(=O)[nH]c2=O)O[C@](F)(COP2(=O)OCc3cc(F)ccc3O2)[C@@H](O)[C@H]1O. The van der Waals surface area contributed by atoms with Gasteiger partial charge in [-0.05, 0) is 72.8 Å². The molecule has 0 spiro atoms. The monoisotopic (exact) mass is 1920 g/mol. The van der Waals surface area contributed by atoms with Crippen LogP contribution < -0.4 is 63.1 Å². The Morgan fingerprint density at radius 2 is 0.617 bits per heavy atom. The minimum absolute atomic E-state index is 0.0176. The number of aromatic nitrogens is 8. The summed E-state index contributed by atoms with van der Waals surface area (Å²) < 4.78 is 294. The number of nitrogens with zero attached hydrogens (tertiary/aromatic N) is 4. The maximum Gasteiger partial charge on any atom is 0.530 e. The molecule has 20 atom stereocenters. The second kappa shape index (κ2) is 37.2. The Morgan fingerprint density at radius 1 is 0.375 bits per heavy atom. The molecule has 16 N–H and O–H groups in total. The fourth-order valence-corrected chi connectivity index (χ4v) is 16.8. The number of aromatic amines is 4. The highest BCUT2D eigenvalue weighted by atomic mass is 31.2. The summed E-state index contributed by atoms with van der Waals surface area (Å²) in [5, 5.41) is 119. The molecule has 4 fully saturated rings. The fraction of sp³-hybridized carbons (Fsp3) is 0.412. The molecule has 0 bridgehead atoms. The van der Waals surface area contributed by atoms with Gasteiger partial charge in [-0.25, -0.2) is 72.6 Å². The minimum atomic E-state index is -4.99. The number of ether oxygens (including phenoxy) is 4. The van der Waals surface area contributed by atoms with E-state index < -0.39 is 280 Å². The number of nitrogens with one attached hydrogen (secondary N) is 4. The molecule has 16 rings (SSSR count). The van der Waals surface area contributed by atoms with Gasteiger partial charge in [-0.15, -0.1) is 0 Å². The van der Waals surface area contributed by atoms with Crippen molar-refractivity contribution in [1.82, 2.24) is 38.2 Å².